The summed E-state index contributed by atoms with van der Waals surface area (Å²) in [6.45, 7) is 2.55. The minimum Gasteiger partial charge on any atom is -0.395 e. The number of aliphatic hydroxyl groups is 1. The lowest BCUT2D eigenvalue weighted by Crippen LogP contribution is -2.50. The van der Waals surface area contributed by atoms with E-state index in [1.165, 1.54) is 31.9 Å². The minimum atomic E-state index is -0.317. The summed E-state index contributed by atoms with van der Waals surface area (Å²) in [6, 6.07) is 0. The Kier molecular flexibility index (Phi) is 3.87. The molecule has 3 saturated carbocycles. The van der Waals surface area contributed by atoms with E-state index in [4.69, 9.17) is 0 Å². The van der Waals surface area contributed by atoms with Crippen LogP contribution in [-0.4, -0.2) is 16.6 Å². The highest BCUT2D eigenvalue weighted by Crippen LogP contribution is 2.66. The van der Waals surface area contributed by atoms with E-state index in [1.54, 1.807) is 5.57 Å². The number of rotatable bonds is 2. The minimum absolute atomic E-state index is 0.0772. The van der Waals surface area contributed by atoms with Crippen molar-refractivity contribution < 1.29 is 10.0 Å². The summed E-state index contributed by atoms with van der Waals surface area (Å²) in [5.41, 5.74) is 2.62. The van der Waals surface area contributed by atoms with Crippen molar-refractivity contribution in [3.05, 3.63) is 33.5 Å². The molecule has 0 spiro atoms. The SMILES string of the molecule is C[C@]12CCCCC1=CC[C@H]1[C@@H]3CCC(=C[N+](=O)[O-])[C@@]3(CO)CC[C@@H]12. The zero-order chi connectivity index (χ0) is 16.9. The summed E-state index contributed by atoms with van der Waals surface area (Å²) in [6.07, 6.45) is 13.9. The van der Waals surface area contributed by atoms with Crippen molar-refractivity contribution >= 4 is 0 Å². The Labute approximate surface area is 144 Å². The van der Waals surface area contributed by atoms with Crippen LogP contribution in [0.3, 0.4) is 0 Å². The third-order valence-electron chi connectivity index (χ3n) is 8.13. The van der Waals surface area contributed by atoms with Gasteiger partial charge in [-0.1, -0.05) is 25.0 Å². The second kappa shape index (κ2) is 5.69. The maximum atomic E-state index is 11.0. The first-order valence-electron chi connectivity index (χ1n) is 9.66. The van der Waals surface area contributed by atoms with Gasteiger partial charge in [-0.15, -0.1) is 0 Å². The van der Waals surface area contributed by atoms with Crippen LogP contribution in [0.5, 0.6) is 0 Å². The number of allylic oxidation sites excluding steroid dienone is 2. The molecule has 0 radical (unpaired) electrons. The molecule has 4 nitrogen and oxygen atoms in total. The maximum absolute atomic E-state index is 11.0. The Morgan fingerprint density at radius 2 is 2.12 bits per heavy atom. The fourth-order valence-corrected chi connectivity index (χ4v) is 6.98. The molecular weight excluding hydrogens is 302 g/mol. The standard InChI is InChI=1S/C20H29NO3/c1-19-10-3-2-4-14(19)5-7-16-17(19)9-11-20(13-22)15(12-21(23)24)6-8-18(16)20/h5,12,16-18,22H,2-4,6-11,13H2,1H3/t16-,17+,18+,19+,20+/m1/s1. The number of aliphatic hydroxyl groups excluding tert-OH is 1. The number of fused-ring (bicyclic) bond motifs is 5. The van der Waals surface area contributed by atoms with Gasteiger partial charge < -0.3 is 5.11 Å². The highest BCUT2D eigenvalue weighted by atomic mass is 16.6. The molecule has 0 saturated heterocycles. The second-order valence-electron chi connectivity index (χ2n) is 8.80. The van der Waals surface area contributed by atoms with Crippen molar-refractivity contribution in [1.82, 2.24) is 0 Å². The Morgan fingerprint density at radius 3 is 2.88 bits per heavy atom. The molecule has 4 aliphatic carbocycles. The van der Waals surface area contributed by atoms with E-state index in [0.29, 0.717) is 23.2 Å². The molecule has 24 heavy (non-hydrogen) atoms. The summed E-state index contributed by atoms with van der Waals surface area (Å²) in [5.74, 6) is 1.72. The second-order valence-corrected chi connectivity index (χ2v) is 8.80. The highest BCUT2D eigenvalue weighted by Gasteiger charge is 2.58. The van der Waals surface area contributed by atoms with Gasteiger partial charge in [0.15, 0.2) is 0 Å². The highest BCUT2D eigenvalue weighted by molar-refractivity contribution is 5.29. The molecule has 0 aromatic rings. The van der Waals surface area contributed by atoms with E-state index in [1.807, 2.05) is 0 Å². The van der Waals surface area contributed by atoms with Gasteiger partial charge in [0.05, 0.1) is 11.5 Å². The molecule has 4 aliphatic rings. The van der Waals surface area contributed by atoms with E-state index in [9.17, 15) is 15.2 Å². The molecule has 1 N–H and O–H groups in total. The fourth-order valence-electron chi connectivity index (χ4n) is 6.98. The van der Waals surface area contributed by atoms with Crippen LogP contribution >= 0.6 is 0 Å². The molecule has 0 aliphatic heterocycles. The fraction of sp³-hybridized carbons (Fsp3) is 0.800. The third-order valence-corrected chi connectivity index (χ3v) is 8.13. The van der Waals surface area contributed by atoms with E-state index in [-0.39, 0.29) is 16.9 Å². The average Bonchev–Trinajstić information content (AvgIpc) is 2.93. The van der Waals surface area contributed by atoms with E-state index < -0.39 is 0 Å². The van der Waals surface area contributed by atoms with Crippen molar-refractivity contribution in [2.45, 2.75) is 64.7 Å². The van der Waals surface area contributed by atoms with Gasteiger partial charge in [0.25, 0.3) is 0 Å². The Balaban J connectivity index is 1.70. The topological polar surface area (TPSA) is 63.4 Å². The lowest BCUT2D eigenvalue weighted by molar-refractivity contribution is -0.404. The first-order chi connectivity index (χ1) is 11.5. The molecule has 4 heteroatoms. The van der Waals surface area contributed by atoms with Crippen molar-refractivity contribution in [3.63, 3.8) is 0 Å². The molecule has 0 aromatic heterocycles. The summed E-state index contributed by atoms with van der Waals surface area (Å²) in [4.78, 5) is 10.7. The van der Waals surface area contributed by atoms with Gasteiger partial charge in [-0.2, -0.15) is 0 Å². The van der Waals surface area contributed by atoms with Gasteiger partial charge in [-0.25, -0.2) is 0 Å². The summed E-state index contributed by atoms with van der Waals surface area (Å²) >= 11 is 0. The molecule has 5 atom stereocenters. The monoisotopic (exact) mass is 331 g/mol. The predicted octanol–water partition coefficient (Wildman–Crippen LogP) is 4.47. The normalized spacial score (nSPS) is 46.0. The van der Waals surface area contributed by atoms with Crippen LogP contribution in [0.2, 0.25) is 0 Å². The van der Waals surface area contributed by atoms with Gasteiger partial charge in [-0.05, 0) is 74.5 Å². The lowest BCUT2D eigenvalue weighted by atomic mass is 9.48. The molecule has 0 amide bonds. The van der Waals surface area contributed by atoms with Gasteiger partial charge >= 0.3 is 0 Å². The quantitative estimate of drug-likeness (QED) is 0.461. The molecule has 0 heterocycles. The van der Waals surface area contributed by atoms with Crippen LogP contribution in [0.4, 0.5) is 0 Å². The van der Waals surface area contributed by atoms with Crippen LogP contribution < -0.4 is 0 Å². The van der Waals surface area contributed by atoms with E-state index in [2.05, 4.69) is 13.0 Å². The lowest BCUT2D eigenvalue weighted by Gasteiger charge is -2.57. The molecular formula is C20H29NO3. The predicted molar refractivity (Wildman–Crippen MR) is 92.8 cm³/mol. The molecule has 3 fully saturated rings. The number of nitro groups is 1. The van der Waals surface area contributed by atoms with E-state index >= 15 is 0 Å². The van der Waals surface area contributed by atoms with Crippen molar-refractivity contribution in [2.75, 3.05) is 6.61 Å². The van der Waals surface area contributed by atoms with Crippen molar-refractivity contribution in [3.8, 4) is 0 Å². The van der Waals surface area contributed by atoms with Crippen LogP contribution in [0, 0.1) is 38.7 Å². The molecule has 0 bridgehead atoms. The molecule has 132 valence electrons. The van der Waals surface area contributed by atoms with E-state index in [0.717, 1.165) is 37.7 Å². The first kappa shape index (κ1) is 16.3. The van der Waals surface area contributed by atoms with Crippen LogP contribution in [-0.2, 0) is 0 Å². The van der Waals surface area contributed by atoms with Gasteiger partial charge in [0, 0.05) is 11.0 Å². The van der Waals surface area contributed by atoms with Crippen molar-refractivity contribution in [2.24, 2.45) is 28.6 Å². The average molecular weight is 331 g/mol. The molecule has 4 rings (SSSR count). The molecule has 0 aromatic carbocycles. The van der Waals surface area contributed by atoms with Crippen molar-refractivity contribution in [1.29, 1.82) is 0 Å². The van der Waals surface area contributed by atoms with Gasteiger partial charge in [0.1, 0.15) is 0 Å². The zero-order valence-electron chi connectivity index (χ0n) is 14.7. The van der Waals surface area contributed by atoms with Crippen LogP contribution in [0.25, 0.3) is 0 Å². The Hall–Kier alpha value is -1.16. The molecule has 0 unspecified atom stereocenters. The summed E-state index contributed by atoms with van der Waals surface area (Å²) in [7, 11) is 0. The maximum Gasteiger partial charge on any atom is 0.234 e. The summed E-state index contributed by atoms with van der Waals surface area (Å²) in [5, 5.41) is 21.3. The summed E-state index contributed by atoms with van der Waals surface area (Å²) < 4.78 is 0. The largest absolute Gasteiger partial charge is 0.395 e. The van der Waals surface area contributed by atoms with Crippen LogP contribution in [0.15, 0.2) is 23.4 Å². The van der Waals surface area contributed by atoms with Gasteiger partial charge in [0.2, 0.25) is 6.20 Å². The number of hydrogen-bond donors (Lipinski definition) is 1. The zero-order valence-corrected chi connectivity index (χ0v) is 14.7. The Morgan fingerprint density at radius 1 is 1.29 bits per heavy atom. The van der Waals surface area contributed by atoms with Gasteiger partial charge in [-0.3, -0.25) is 10.1 Å². The first-order valence-corrected chi connectivity index (χ1v) is 9.66. The van der Waals surface area contributed by atoms with Crippen LogP contribution in [0.1, 0.15) is 64.7 Å². The third kappa shape index (κ3) is 2.15. The number of nitrogens with zero attached hydrogens (tertiary/aromatic N) is 1. The smallest absolute Gasteiger partial charge is 0.234 e. The number of hydrogen-bond acceptors (Lipinski definition) is 3. The Bertz CT molecular complexity index is 610.